The van der Waals surface area contributed by atoms with Crippen LogP contribution < -0.4 is 9.80 Å². The largest absolute Gasteiger partial charge is 0.310 e. The lowest BCUT2D eigenvalue weighted by molar-refractivity contribution is 0.754. The highest BCUT2D eigenvalue weighted by atomic mass is 32.1. The van der Waals surface area contributed by atoms with Crippen LogP contribution in [0.1, 0.15) is 44.5 Å². The predicted octanol–water partition coefficient (Wildman–Crippen LogP) is 19.7. The Morgan fingerprint density at radius 3 is 1.56 bits per heavy atom. The van der Waals surface area contributed by atoms with Gasteiger partial charge in [0.2, 0.25) is 0 Å². The Morgan fingerprint density at radius 2 is 0.805 bits per heavy atom. The molecule has 0 bridgehead atoms. The van der Waals surface area contributed by atoms with Gasteiger partial charge in [-0.15, -0.1) is 11.3 Å². The van der Waals surface area contributed by atoms with Gasteiger partial charge in [-0.2, -0.15) is 0 Å². The summed E-state index contributed by atoms with van der Waals surface area (Å²) in [5, 5.41) is 2.59. The topological polar surface area (TPSA) is 6.48 Å². The number of hydrogen-bond donors (Lipinski definition) is 0. The standard InChI is InChI=1S/C74H48N2S/c1-5-20-51(21-6-1)73(52-22-7-2-8-23-52)64-31-15-13-28-58(64)59-44-41-56(47-67(59)73)75(57-42-45-62-61-29-14-18-35-70(61)77-71(62)48-57)55-39-36-49(37-40-55)50-38-43-60-63-30-19-34-69-72(63)74(66(60)46-50,53-24-9-3-10-25-53)65-32-16-17-33-68(65)76(69)54-26-11-4-12-27-54/h1-48H. The molecule has 3 heteroatoms. The summed E-state index contributed by atoms with van der Waals surface area (Å²) in [6.07, 6.45) is 0. The molecule has 3 aliphatic rings. The summed E-state index contributed by atoms with van der Waals surface area (Å²) in [5.41, 5.74) is 23.6. The first-order valence-electron chi connectivity index (χ1n) is 26.7. The van der Waals surface area contributed by atoms with Crippen molar-refractivity contribution in [2.75, 3.05) is 9.80 Å². The number of para-hydroxylation sites is 2. The number of thiophene rings is 1. The second kappa shape index (κ2) is 17.0. The Kier molecular flexibility index (Phi) is 9.67. The van der Waals surface area contributed by atoms with E-state index in [9.17, 15) is 0 Å². The quantitative estimate of drug-likeness (QED) is 0.150. The van der Waals surface area contributed by atoms with E-state index < -0.39 is 10.8 Å². The van der Waals surface area contributed by atoms with Gasteiger partial charge in [-0.25, -0.2) is 0 Å². The molecular weight excluding hydrogens is 949 g/mol. The van der Waals surface area contributed by atoms with Gasteiger partial charge in [-0.05, 0) is 145 Å². The smallest absolute Gasteiger partial charge is 0.0754 e. The molecule has 16 rings (SSSR count). The molecule has 1 unspecified atom stereocenters. The van der Waals surface area contributed by atoms with Crippen LogP contribution in [-0.2, 0) is 10.8 Å². The molecule has 1 aromatic heterocycles. The molecule has 1 atom stereocenters. The monoisotopic (exact) mass is 996 g/mol. The van der Waals surface area contributed by atoms with Crippen LogP contribution in [0, 0.1) is 0 Å². The summed E-state index contributed by atoms with van der Waals surface area (Å²) in [4.78, 5) is 4.94. The maximum absolute atomic E-state index is 2.49. The summed E-state index contributed by atoms with van der Waals surface area (Å²) in [6.45, 7) is 0. The van der Waals surface area contributed by atoms with E-state index in [1.54, 1.807) is 0 Å². The van der Waals surface area contributed by atoms with Crippen molar-refractivity contribution in [2.45, 2.75) is 10.8 Å². The van der Waals surface area contributed by atoms with Gasteiger partial charge >= 0.3 is 0 Å². The van der Waals surface area contributed by atoms with Gasteiger partial charge in [-0.1, -0.05) is 218 Å². The molecule has 0 saturated heterocycles. The number of fused-ring (bicyclic) bond motifs is 11. The van der Waals surface area contributed by atoms with Crippen LogP contribution in [0.5, 0.6) is 0 Å². The van der Waals surface area contributed by atoms with Gasteiger partial charge in [0.1, 0.15) is 0 Å². The normalized spacial score (nSPS) is 15.1. The first kappa shape index (κ1) is 43.8. The van der Waals surface area contributed by atoms with E-state index in [0.29, 0.717) is 0 Å². The summed E-state index contributed by atoms with van der Waals surface area (Å²) in [6, 6.07) is 109. The van der Waals surface area contributed by atoms with E-state index in [2.05, 4.69) is 301 Å². The van der Waals surface area contributed by atoms with Crippen LogP contribution in [0.15, 0.2) is 291 Å². The van der Waals surface area contributed by atoms with E-state index in [1.165, 1.54) is 109 Å². The van der Waals surface area contributed by atoms with Crippen molar-refractivity contribution in [3.05, 3.63) is 336 Å². The van der Waals surface area contributed by atoms with Crippen molar-refractivity contribution < 1.29 is 0 Å². The zero-order valence-electron chi connectivity index (χ0n) is 42.0. The van der Waals surface area contributed by atoms with Crippen LogP contribution in [0.2, 0.25) is 0 Å². The third-order valence-corrected chi connectivity index (χ3v) is 18.1. The summed E-state index contributed by atoms with van der Waals surface area (Å²) < 4.78 is 2.57. The molecule has 2 nitrogen and oxygen atoms in total. The molecule has 2 aliphatic carbocycles. The summed E-state index contributed by atoms with van der Waals surface area (Å²) >= 11 is 1.86. The molecule has 0 saturated carbocycles. The maximum atomic E-state index is 2.49. The fraction of sp³-hybridized carbons (Fsp3) is 0.0270. The SMILES string of the molecule is c1ccc(N2c3ccccc3C3(c4ccccc4)c4cc(-c5ccc(N(c6ccc7c(c6)C(c6ccccc6)(c6ccccc6)c6ccccc6-7)c6ccc7c(c6)sc6ccccc67)cc5)ccc4-c4cccc2c43)cc1. The zero-order valence-corrected chi connectivity index (χ0v) is 42.8. The lowest BCUT2D eigenvalue weighted by Gasteiger charge is -2.44. The summed E-state index contributed by atoms with van der Waals surface area (Å²) in [7, 11) is 0. The second-order valence-electron chi connectivity index (χ2n) is 20.7. The average Bonchev–Trinajstić information content (AvgIpc) is 3.53. The average molecular weight is 997 g/mol. The molecule has 77 heavy (non-hydrogen) atoms. The van der Waals surface area contributed by atoms with E-state index in [-0.39, 0.29) is 0 Å². The Labute approximate surface area is 452 Å². The van der Waals surface area contributed by atoms with Gasteiger partial charge in [-0.3, -0.25) is 0 Å². The first-order valence-corrected chi connectivity index (χ1v) is 27.5. The highest BCUT2D eigenvalue weighted by molar-refractivity contribution is 7.25. The van der Waals surface area contributed by atoms with Crippen LogP contribution in [0.25, 0.3) is 53.6 Å². The van der Waals surface area contributed by atoms with Gasteiger partial charge in [0.15, 0.2) is 0 Å². The molecule has 360 valence electrons. The van der Waals surface area contributed by atoms with Crippen LogP contribution in [0.3, 0.4) is 0 Å². The van der Waals surface area contributed by atoms with Gasteiger partial charge in [0.05, 0.1) is 22.2 Å². The fourth-order valence-corrected chi connectivity index (χ4v) is 15.0. The van der Waals surface area contributed by atoms with E-state index in [1.807, 2.05) is 11.3 Å². The molecule has 1 aliphatic heterocycles. The molecule has 0 radical (unpaired) electrons. The molecule has 0 fully saturated rings. The zero-order chi connectivity index (χ0) is 50.7. The molecule has 0 N–H and O–H groups in total. The molecule has 0 spiro atoms. The minimum atomic E-state index is -0.537. The minimum absolute atomic E-state index is 0.529. The predicted molar refractivity (Wildman–Crippen MR) is 322 cm³/mol. The van der Waals surface area contributed by atoms with Crippen molar-refractivity contribution >= 4 is 65.6 Å². The second-order valence-corrected chi connectivity index (χ2v) is 21.8. The third-order valence-electron chi connectivity index (χ3n) is 16.9. The van der Waals surface area contributed by atoms with Crippen LogP contribution in [0.4, 0.5) is 34.1 Å². The van der Waals surface area contributed by atoms with E-state index in [4.69, 9.17) is 0 Å². The number of benzene rings is 12. The molecular formula is C74H48N2S. The van der Waals surface area contributed by atoms with Crippen LogP contribution >= 0.6 is 11.3 Å². The van der Waals surface area contributed by atoms with Crippen molar-refractivity contribution in [3.8, 4) is 33.4 Å². The van der Waals surface area contributed by atoms with Crippen molar-refractivity contribution in [1.29, 1.82) is 0 Å². The molecule has 12 aromatic carbocycles. The van der Waals surface area contributed by atoms with E-state index in [0.717, 1.165) is 22.7 Å². The highest BCUT2D eigenvalue weighted by Crippen LogP contribution is 2.65. The first-order chi connectivity index (χ1) is 38.2. The lowest BCUT2D eigenvalue weighted by Crippen LogP contribution is -2.35. The molecule has 0 amide bonds. The number of hydrogen-bond acceptors (Lipinski definition) is 3. The van der Waals surface area contributed by atoms with Gasteiger partial charge < -0.3 is 9.80 Å². The van der Waals surface area contributed by atoms with E-state index >= 15 is 0 Å². The minimum Gasteiger partial charge on any atom is -0.310 e. The third kappa shape index (κ3) is 6.23. The van der Waals surface area contributed by atoms with Gasteiger partial charge in [0.25, 0.3) is 0 Å². The summed E-state index contributed by atoms with van der Waals surface area (Å²) in [5.74, 6) is 0. The number of nitrogens with zero attached hydrogens (tertiary/aromatic N) is 2. The Balaban J connectivity index is 0.875. The van der Waals surface area contributed by atoms with Crippen molar-refractivity contribution in [2.24, 2.45) is 0 Å². The Hall–Kier alpha value is -9.54. The van der Waals surface area contributed by atoms with Crippen molar-refractivity contribution in [1.82, 2.24) is 0 Å². The number of anilines is 6. The Bertz CT molecular complexity index is 4410. The Morgan fingerprint density at radius 1 is 0.299 bits per heavy atom. The van der Waals surface area contributed by atoms with Crippen LogP contribution in [-0.4, -0.2) is 0 Å². The highest BCUT2D eigenvalue weighted by Gasteiger charge is 2.53. The molecule has 2 heterocycles. The van der Waals surface area contributed by atoms with Crippen molar-refractivity contribution in [3.63, 3.8) is 0 Å². The maximum Gasteiger partial charge on any atom is 0.0754 e. The fourth-order valence-electron chi connectivity index (χ4n) is 13.8. The number of rotatable bonds is 8. The molecule has 13 aromatic rings. The lowest BCUT2D eigenvalue weighted by atomic mass is 9.64. The van der Waals surface area contributed by atoms with Gasteiger partial charge in [0, 0.05) is 48.5 Å².